The van der Waals surface area contributed by atoms with Crippen molar-refractivity contribution in [2.24, 2.45) is 5.92 Å². The standard InChI is InChI=1S/C27H28N2O4/c30-25(31)16-6-7-17-18-12-27(32)21-11-15-2-1-3-20-22(15)26(27,8-9-29(21)13-14-4-5-14)24(33-20)23(18)28-19(17)10-16/h1-3,6-7,10,14,18,21,23-24,28,32H,4-5,8-9,11-13H2,(H,30,31). The highest BCUT2D eigenvalue weighted by molar-refractivity contribution is 5.89. The Morgan fingerprint density at radius 3 is 2.94 bits per heavy atom. The van der Waals surface area contributed by atoms with Crippen LogP contribution in [0, 0.1) is 5.92 Å². The molecule has 8 rings (SSSR count). The first-order valence-corrected chi connectivity index (χ1v) is 12.4. The van der Waals surface area contributed by atoms with E-state index in [1.807, 2.05) is 6.07 Å². The molecule has 33 heavy (non-hydrogen) atoms. The molecule has 0 radical (unpaired) electrons. The second-order valence-electron chi connectivity index (χ2n) is 11.2. The van der Waals surface area contributed by atoms with Gasteiger partial charge in [0.15, 0.2) is 0 Å². The number of nitrogens with one attached hydrogen (secondary N) is 1. The number of hydrogen-bond acceptors (Lipinski definition) is 5. The van der Waals surface area contributed by atoms with Crippen LogP contribution in [-0.4, -0.2) is 58.0 Å². The second kappa shape index (κ2) is 5.91. The molecule has 2 aromatic carbocycles. The van der Waals surface area contributed by atoms with E-state index in [0.29, 0.717) is 12.0 Å². The minimum absolute atomic E-state index is 0.0262. The molecule has 0 aromatic heterocycles. The number of rotatable bonds is 3. The van der Waals surface area contributed by atoms with Gasteiger partial charge in [-0.25, -0.2) is 4.79 Å². The van der Waals surface area contributed by atoms with E-state index in [2.05, 4.69) is 28.4 Å². The number of aliphatic hydroxyl groups is 1. The summed E-state index contributed by atoms with van der Waals surface area (Å²) in [6.45, 7) is 2.10. The minimum atomic E-state index is -0.916. The molecule has 3 aliphatic carbocycles. The van der Waals surface area contributed by atoms with Crippen molar-refractivity contribution >= 4 is 11.7 Å². The summed E-state index contributed by atoms with van der Waals surface area (Å²) in [6, 6.07) is 11.9. The first-order chi connectivity index (χ1) is 16.0. The van der Waals surface area contributed by atoms with Crippen LogP contribution >= 0.6 is 0 Å². The van der Waals surface area contributed by atoms with Gasteiger partial charge in [0.1, 0.15) is 11.9 Å². The molecule has 1 saturated heterocycles. The molecule has 1 spiro atoms. The Balaban J connectivity index is 1.30. The largest absolute Gasteiger partial charge is 0.487 e. The highest BCUT2D eigenvalue weighted by Crippen LogP contribution is 2.67. The maximum absolute atomic E-state index is 12.8. The molecule has 3 aliphatic heterocycles. The van der Waals surface area contributed by atoms with E-state index in [9.17, 15) is 15.0 Å². The number of carbonyl (C=O) groups is 1. The summed E-state index contributed by atoms with van der Waals surface area (Å²) in [5.41, 5.74) is 3.61. The fourth-order valence-electron chi connectivity index (χ4n) is 8.28. The SMILES string of the molecule is O=C(O)c1ccc2c(c1)NC1C2CC2(O)C3Cc4cccc5c4C2(CCN3CC2CC2)C1O5. The molecule has 3 fully saturated rings. The van der Waals surface area contributed by atoms with Gasteiger partial charge in [0.05, 0.1) is 22.6 Å². The van der Waals surface area contributed by atoms with Crippen LogP contribution in [0.5, 0.6) is 5.75 Å². The van der Waals surface area contributed by atoms with Crippen molar-refractivity contribution in [3.05, 3.63) is 58.7 Å². The maximum Gasteiger partial charge on any atom is 0.335 e. The number of hydrogen-bond donors (Lipinski definition) is 3. The van der Waals surface area contributed by atoms with Gasteiger partial charge < -0.3 is 20.3 Å². The summed E-state index contributed by atoms with van der Waals surface area (Å²) in [5.74, 6) is 0.909. The van der Waals surface area contributed by atoms with Crippen LogP contribution in [0.1, 0.15) is 58.6 Å². The number of carboxylic acid groups (broad SMARTS) is 1. The van der Waals surface area contributed by atoms with Crippen LogP contribution in [0.4, 0.5) is 5.69 Å². The van der Waals surface area contributed by atoms with E-state index < -0.39 is 17.0 Å². The number of likely N-dealkylation sites (tertiary alicyclic amines) is 1. The van der Waals surface area contributed by atoms with Crippen molar-refractivity contribution < 1.29 is 19.7 Å². The zero-order valence-electron chi connectivity index (χ0n) is 18.5. The Hall–Kier alpha value is -2.57. The van der Waals surface area contributed by atoms with Crippen LogP contribution in [-0.2, 0) is 11.8 Å². The Labute approximate surface area is 192 Å². The third-order valence-electron chi connectivity index (χ3n) is 9.77. The van der Waals surface area contributed by atoms with Crippen molar-refractivity contribution in [3.8, 4) is 5.75 Å². The molecule has 2 saturated carbocycles. The fraction of sp³-hybridized carbons (Fsp3) is 0.519. The Morgan fingerprint density at radius 2 is 2.12 bits per heavy atom. The number of carboxylic acids is 1. The zero-order chi connectivity index (χ0) is 22.1. The van der Waals surface area contributed by atoms with E-state index in [1.54, 1.807) is 12.1 Å². The summed E-state index contributed by atoms with van der Waals surface area (Å²) >= 11 is 0. The van der Waals surface area contributed by atoms with Crippen molar-refractivity contribution in [1.82, 2.24) is 4.90 Å². The van der Waals surface area contributed by atoms with Gasteiger partial charge in [-0.05, 0) is 73.9 Å². The highest BCUT2D eigenvalue weighted by atomic mass is 16.5. The highest BCUT2D eigenvalue weighted by Gasteiger charge is 2.75. The predicted octanol–water partition coefficient (Wildman–Crippen LogP) is 3.14. The second-order valence-corrected chi connectivity index (χ2v) is 11.2. The molecular weight excluding hydrogens is 416 g/mol. The molecule has 3 heterocycles. The van der Waals surface area contributed by atoms with Crippen molar-refractivity contribution in [3.63, 3.8) is 0 Å². The molecule has 2 bridgehead atoms. The molecule has 6 nitrogen and oxygen atoms in total. The molecule has 3 N–H and O–H groups in total. The first-order valence-electron chi connectivity index (χ1n) is 12.4. The molecular formula is C27H28N2O4. The molecule has 6 unspecified atom stereocenters. The fourth-order valence-corrected chi connectivity index (χ4v) is 8.28. The quantitative estimate of drug-likeness (QED) is 0.675. The van der Waals surface area contributed by atoms with Gasteiger partial charge in [0.25, 0.3) is 0 Å². The zero-order valence-corrected chi connectivity index (χ0v) is 18.5. The average molecular weight is 445 g/mol. The predicted molar refractivity (Wildman–Crippen MR) is 122 cm³/mol. The van der Waals surface area contributed by atoms with Crippen molar-refractivity contribution in [1.29, 1.82) is 0 Å². The molecule has 6 aliphatic rings. The van der Waals surface area contributed by atoms with Gasteiger partial charge in [-0.3, -0.25) is 4.90 Å². The van der Waals surface area contributed by atoms with Crippen molar-refractivity contribution in [2.75, 3.05) is 18.4 Å². The van der Waals surface area contributed by atoms with E-state index in [-0.39, 0.29) is 24.1 Å². The number of ether oxygens (including phenoxy) is 1. The molecule has 6 atom stereocenters. The summed E-state index contributed by atoms with van der Waals surface area (Å²) in [5, 5.41) is 25.9. The van der Waals surface area contributed by atoms with E-state index >= 15 is 0 Å². The monoisotopic (exact) mass is 444 g/mol. The maximum atomic E-state index is 12.8. The Morgan fingerprint density at radius 1 is 1.24 bits per heavy atom. The van der Waals surface area contributed by atoms with Gasteiger partial charge in [-0.15, -0.1) is 0 Å². The number of fused-ring (bicyclic) bond motifs is 4. The molecule has 6 heteroatoms. The normalized spacial score (nSPS) is 39.2. The minimum Gasteiger partial charge on any atom is -0.487 e. The van der Waals surface area contributed by atoms with Gasteiger partial charge >= 0.3 is 5.97 Å². The van der Waals surface area contributed by atoms with E-state index in [1.165, 1.54) is 24.0 Å². The number of nitrogens with zero attached hydrogens (tertiary/aromatic N) is 1. The lowest BCUT2D eigenvalue weighted by molar-refractivity contribution is -0.191. The summed E-state index contributed by atoms with van der Waals surface area (Å²) < 4.78 is 6.74. The topological polar surface area (TPSA) is 82.0 Å². The van der Waals surface area contributed by atoms with Crippen LogP contribution in [0.2, 0.25) is 0 Å². The van der Waals surface area contributed by atoms with E-state index in [0.717, 1.165) is 48.8 Å². The van der Waals surface area contributed by atoms with Crippen LogP contribution in [0.3, 0.4) is 0 Å². The average Bonchev–Trinajstić information content (AvgIpc) is 3.44. The molecule has 0 amide bonds. The smallest absolute Gasteiger partial charge is 0.335 e. The van der Waals surface area contributed by atoms with Gasteiger partial charge in [0, 0.05) is 29.8 Å². The summed E-state index contributed by atoms with van der Waals surface area (Å²) in [6.07, 6.45) is 4.93. The first kappa shape index (κ1) is 18.8. The Kier molecular flexibility index (Phi) is 3.37. The number of anilines is 1. The van der Waals surface area contributed by atoms with Gasteiger partial charge in [0.2, 0.25) is 0 Å². The number of aromatic carboxylic acids is 1. The van der Waals surface area contributed by atoms with Crippen LogP contribution in [0.15, 0.2) is 36.4 Å². The van der Waals surface area contributed by atoms with Gasteiger partial charge in [-0.2, -0.15) is 0 Å². The third kappa shape index (κ3) is 2.15. The lowest BCUT2D eigenvalue weighted by Gasteiger charge is -2.65. The number of piperidine rings is 1. The van der Waals surface area contributed by atoms with Crippen molar-refractivity contribution in [2.45, 2.75) is 67.2 Å². The molecule has 2 aromatic rings. The number of benzene rings is 2. The van der Waals surface area contributed by atoms with Crippen LogP contribution < -0.4 is 10.1 Å². The lowest BCUT2D eigenvalue weighted by atomic mass is 9.46. The van der Waals surface area contributed by atoms with E-state index in [4.69, 9.17) is 4.74 Å². The Bertz CT molecular complexity index is 1220. The lowest BCUT2D eigenvalue weighted by Crippen LogP contribution is -2.78. The van der Waals surface area contributed by atoms with Gasteiger partial charge in [-0.1, -0.05) is 18.2 Å². The van der Waals surface area contributed by atoms with Crippen LogP contribution in [0.25, 0.3) is 0 Å². The molecule has 170 valence electrons. The third-order valence-corrected chi connectivity index (χ3v) is 9.77. The summed E-state index contributed by atoms with van der Waals surface area (Å²) in [4.78, 5) is 14.2. The summed E-state index contributed by atoms with van der Waals surface area (Å²) in [7, 11) is 0.